The molecule has 33 heavy (non-hydrogen) atoms. The van der Waals surface area contributed by atoms with Crippen LogP contribution in [0.2, 0.25) is 0 Å². The predicted octanol–water partition coefficient (Wildman–Crippen LogP) is 0.578. The average molecular weight is 481 g/mol. The molecule has 0 spiro atoms. The highest BCUT2D eigenvalue weighted by atomic mass is 32.3. The Morgan fingerprint density at radius 2 is 1.85 bits per heavy atom. The van der Waals surface area contributed by atoms with Crippen LogP contribution in [0, 0.1) is 0 Å². The number of hydrogen-bond acceptors (Lipinski definition) is 7. The number of hydroxylamine groups is 2. The van der Waals surface area contributed by atoms with E-state index in [4.69, 9.17) is 0 Å². The van der Waals surface area contributed by atoms with Crippen molar-refractivity contribution in [2.24, 2.45) is 0 Å². The maximum absolute atomic E-state index is 12.3. The first kappa shape index (κ1) is 24.6. The van der Waals surface area contributed by atoms with Crippen LogP contribution in [0.25, 0.3) is 0 Å². The highest BCUT2D eigenvalue weighted by Crippen LogP contribution is 2.37. The zero-order valence-corrected chi connectivity index (χ0v) is 19.5. The van der Waals surface area contributed by atoms with E-state index in [-0.39, 0.29) is 13.1 Å². The summed E-state index contributed by atoms with van der Waals surface area (Å²) in [6, 6.07) is 6.65. The lowest BCUT2D eigenvalue weighted by Crippen LogP contribution is -3.11. The van der Waals surface area contributed by atoms with Crippen molar-refractivity contribution >= 4 is 28.1 Å². The number of nitrogens with zero attached hydrogens (tertiary/aromatic N) is 4. The number of aromatic nitrogens is 2. The minimum Gasteiger partial charge on any atom is -0.724 e. The molecule has 1 fully saturated rings. The van der Waals surface area contributed by atoms with Gasteiger partial charge in [0.1, 0.15) is 6.04 Å². The van der Waals surface area contributed by atoms with Crippen LogP contribution in [0.3, 0.4) is 0 Å². The van der Waals surface area contributed by atoms with Crippen LogP contribution in [-0.2, 0) is 21.2 Å². The second kappa shape index (κ2) is 10.3. The van der Waals surface area contributed by atoms with Gasteiger partial charge < -0.3 is 19.7 Å². The molecule has 2 aromatic rings. The topological polar surface area (TPSA) is 141 Å². The minimum absolute atomic E-state index is 0.0784. The number of nitrogens with one attached hydrogen (secondary N) is 2. The SMILES string of the molecule is CC[NH+](CC)CC.O=C1N2Cc3nn(C(=O)Nc4ccccc4)cc3C(C2)N1OS(=O)(=O)[O-]. The van der Waals surface area contributed by atoms with Gasteiger partial charge in [-0.25, -0.2) is 18.0 Å². The fraction of sp³-hybridized carbons (Fsp3) is 0.450. The molecule has 0 saturated carbocycles. The molecular formula is C20H28N6O6S. The zero-order valence-electron chi connectivity index (χ0n) is 18.7. The highest BCUT2D eigenvalue weighted by molar-refractivity contribution is 7.80. The molecule has 12 nitrogen and oxygen atoms in total. The largest absolute Gasteiger partial charge is 0.724 e. The van der Waals surface area contributed by atoms with Crippen molar-refractivity contribution < 1.29 is 31.7 Å². The molecule has 1 aromatic carbocycles. The summed E-state index contributed by atoms with van der Waals surface area (Å²) in [6.07, 6.45) is 1.39. The number of benzene rings is 1. The zero-order chi connectivity index (χ0) is 24.2. The summed E-state index contributed by atoms with van der Waals surface area (Å²) < 4.78 is 38.0. The Labute approximate surface area is 192 Å². The fourth-order valence-electron chi connectivity index (χ4n) is 3.73. The standard InChI is InChI=1S/C14H13N5O6S.C6H15N/c20-13(15-9-4-2-1-3-5-9)18-6-10-11(16-18)7-17-8-12(10)19(14(17)21)25-26(22,23)24;1-4-7(5-2)6-3/h1-6,12H,7-8H2,(H,15,20)(H,22,23,24);4-6H2,1-3H3. The van der Waals surface area contributed by atoms with E-state index in [2.05, 4.69) is 35.5 Å². The number of quaternary nitrogens is 1. The van der Waals surface area contributed by atoms with Crippen molar-refractivity contribution in [1.29, 1.82) is 0 Å². The van der Waals surface area contributed by atoms with Gasteiger partial charge in [-0.2, -0.15) is 19.1 Å². The Kier molecular flexibility index (Phi) is 7.68. The van der Waals surface area contributed by atoms with Crippen LogP contribution in [0.15, 0.2) is 36.5 Å². The van der Waals surface area contributed by atoms with E-state index in [9.17, 15) is 22.6 Å². The molecule has 180 valence electrons. The van der Waals surface area contributed by atoms with Crippen molar-refractivity contribution in [3.05, 3.63) is 47.8 Å². The van der Waals surface area contributed by atoms with E-state index < -0.39 is 28.5 Å². The van der Waals surface area contributed by atoms with Gasteiger partial charge in [-0.1, -0.05) is 18.2 Å². The number of fused-ring (bicyclic) bond motifs is 4. The van der Waals surface area contributed by atoms with Gasteiger partial charge in [0.2, 0.25) is 10.4 Å². The third-order valence-electron chi connectivity index (χ3n) is 5.56. The quantitative estimate of drug-likeness (QED) is 0.455. The van der Waals surface area contributed by atoms with Crippen LogP contribution in [0.1, 0.15) is 38.1 Å². The average Bonchev–Trinajstić information content (AvgIpc) is 3.32. The van der Waals surface area contributed by atoms with E-state index in [1.165, 1.54) is 30.7 Å². The lowest BCUT2D eigenvalue weighted by atomic mass is 10.1. The van der Waals surface area contributed by atoms with Crippen molar-refractivity contribution in [1.82, 2.24) is 19.7 Å². The normalized spacial score (nSPS) is 17.0. The van der Waals surface area contributed by atoms with Gasteiger partial charge >= 0.3 is 12.1 Å². The molecule has 0 aliphatic carbocycles. The number of para-hydroxylation sites is 1. The monoisotopic (exact) mass is 480 g/mol. The molecule has 3 amide bonds. The second-order valence-corrected chi connectivity index (χ2v) is 8.54. The van der Waals surface area contributed by atoms with Crippen LogP contribution >= 0.6 is 0 Å². The number of carbonyl (C=O) groups is 2. The molecule has 1 aromatic heterocycles. The third kappa shape index (κ3) is 5.87. The second-order valence-electron chi connectivity index (χ2n) is 7.57. The van der Waals surface area contributed by atoms with Gasteiger partial charge in [-0.15, -0.1) is 0 Å². The van der Waals surface area contributed by atoms with Crippen LogP contribution in [0.4, 0.5) is 15.3 Å². The molecular weight excluding hydrogens is 452 g/mol. The molecule has 3 heterocycles. The number of amides is 3. The van der Waals surface area contributed by atoms with E-state index in [1.807, 2.05) is 6.07 Å². The van der Waals surface area contributed by atoms with Crippen molar-refractivity contribution in [2.45, 2.75) is 33.4 Å². The number of carbonyl (C=O) groups excluding carboxylic acids is 2. The molecule has 1 atom stereocenters. The Morgan fingerprint density at radius 1 is 1.21 bits per heavy atom. The molecule has 13 heteroatoms. The predicted molar refractivity (Wildman–Crippen MR) is 117 cm³/mol. The van der Waals surface area contributed by atoms with E-state index in [0.29, 0.717) is 22.0 Å². The highest BCUT2D eigenvalue weighted by Gasteiger charge is 2.46. The summed E-state index contributed by atoms with van der Waals surface area (Å²) in [4.78, 5) is 27.4. The first-order chi connectivity index (χ1) is 15.7. The van der Waals surface area contributed by atoms with Gasteiger partial charge in [0, 0.05) is 17.4 Å². The molecule has 4 rings (SSSR count). The molecule has 2 aliphatic heterocycles. The molecule has 2 bridgehead atoms. The van der Waals surface area contributed by atoms with Gasteiger partial charge in [0.25, 0.3) is 0 Å². The van der Waals surface area contributed by atoms with Crippen molar-refractivity contribution in [3.63, 3.8) is 0 Å². The lowest BCUT2D eigenvalue weighted by Gasteiger charge is -2.22. The lowest BCUT2D eigenvalue weighted by molar-refractivity contribution is -0.894. The van der Waals surface area contributed by atoms with Gasteiger partial charge in [-0.05, 0) is 32.9 Å². The van der Waals surface area contributed by atoms with Crippen molar-refractivity contribution in [2.75, 3.05) is 31.5 Å². The number of hydrogen-bond donors (Lipinski definition) is 2. The first-order valence-corrected chi connectivity index (χ1v) is 12.0. The molecule has 2 aliphatic rings. The van der Waals surface area contributed by atoms with E-state index in [0.717, 1.165) is 4.68 Å². The Bertz CT molecular complexity index is 1080. The summed E-state index contributed by atoms with van der Waals surface area (Å²) in [5.41, 5.74) is 1.44. The summed E-state index contributed by atoms with van der Waals surface area (Å²) in [5.74, 6) is 0. The van der Waals surface area contributed by atoms with Crippen LogP contribution in [0.5, 0.6) is 0 Å². The van der Waals surface area contributed by atoms with Crippen LogP contribution < -0.4 is 10.2 Å². The molecule has 0 radical (unpaired) electrons. The third-order valence-corrected chi connectivity index (χ3v) is 5.91. The maximum atomic E-state index is 12.3. The maximum Gasteiger partial charge on any atom is 0.346 e. The first-order valence-electron chi connectivity index (χ1n) is 10.7. The Hall–Kier alpha value is -3.00. The summed E-state index contributed by atoms with van der Waals surface area (Å²) >= 11 is 0. The Balaban J connectivity index is 0.000000383. The van der Waals surface area contributed by atoms with E-state index in [1.54, 1.807) is 29.2 Å². The van der Waals surface area contributed by atoms with Gasteiger partial charge in [-0.3, -0.25) is 0 Å². The summed E-state index contributed by atoms with van der Waals surface area (Å²) in [6.45, 7) is 10.7. The summed E-state index contributed by atoms with van der Waals surface area (Å²) in [5, 5.41) is 7.32. The van der Waals surface area contributed by atoms with Crippen molar-refractivity contribution in [3.8, 4) is 0 Å². The Morgan fingerprint density at radius 3 is 2.39 bits per heavy atom. The molecule has 1 unspecified atom stereocenters. The van der Waals surface area contributed by atoms with E-state index >= 15 is 0 Å². The minimum atomic E-state index is -5.11. The number of rotatable bonds is 6. The fourth-order valence-corrected chi connectivity index (χ4v) is 4.10. The number of urea groups is 1. The van der Waals surface area contributed by atoms with Gasteiger partial charge in [0.15, 0.2) is 0 Å². The van der Waals surface area contributed by atoms with Crippen LogP contribution in [-0.4, -0.2) is 71.0 Å². The number of anilines is 1. The summed E-state index contributed by atoms with van der Waals surface area (Å²) in [7, 11) is -5.11. The molecule has 1 saturated heterocycles. The smallest absolute Gasteiger partial charge is 0.346 e. The molecule has 2 N–H and O–H groups in total. The van der Waals surface area contributed by atoms with Gasteiger partial charge in [0.05, 0.1) is 38.4 Å².